The minimum atomic E-state index is -0.950. The molecule has 0 bridgehead atoms. The number of rotatable bonds is 21. The lowest BCUT2D eigenvalue weighted by atomic mass is 9.97. The molecular formula is C60H98O26. The van der Waals surface area contributed by atoms with Gasteiger partial charge in [0.25, 0.3) is 0 Å². The zero-order chi connectivity index (χ0) is 61.0. The van der Waals surface area contributed by atoms with Crippen molar-refractivity contribution >= 4 is 0 Å². The van der Waals surface area contributed by atoms with Gasteiger partial charge in [-0.25, -0.2) is 0 Å². The van der Waals surface area contributed by atoms with Crippen molar-refractivity contribution in [3.8, 4) is 0 Å². The normalized spacial score (nSPS) is 44.8. The zero-order valence-corrected chi connectivity index (χ0v) is 53.2. The lowest BCUT2D eigenvalue weighted by molar-refractivity contribution is -0.374. The van der Waals surface area contributed by atoms with E-state index in [9.17, 15) is 0 Å². The van der Waals surface area contributed by atoms with Gasteiger partial charge in [0, 0.05) is 26.4 Å². The van der Waals surface area contributed by atoms with Gasteiger partial charge in [-0.05, 0) is 136 Å². The van der Waals surface area contributed by atoms with Crippen LogP contribution in [-0.2, 0) is 123 Å². The van der Waals surface area contributed by atoms with Gasteiger partial charge in [0.1, 0.15) is 110 Å². The van der Waals surface area contributed by atoms with Gasteiger partial charge in [0.15, 0.2) is 71.5 Å². The highest BCUT2D eigenvalue weighted by Crippen LogP contribution is 2.47. The van der Waals surface area contributed by atoms with Gasteiger partial charge in [0.2, 0.25) is 0 Å². The summed E-state index contributed by atoms with van der Waals surface area (Å²) >= 11 is 0. The Kier molecular flexibility index (Phi) is 18.7. The highest BCUT2D eigenvalue weighted by molar-refractivity contribution is 5.03. The first-order valence-electron chi connectivity index (χ1n) is 31.4. The van der Waals surface area contributed by atoms with Gasteiger partial charge in [0.05, 0.1) is 39.6 Å². The van der Waals surface area contributed by atoms with Gasteiger partial charge in [-0.2, -0.15) is 0 Å². The van der Waals surface area contributed by atoms with E-state index in [0.717, 1.165) is 0 Å². The summed E-state index contributed by atoms with van der Waals surface area (Å²) in [5.41, 5.74) is 0. The van der Waals surface area contributed by atoms with Gasteiger partial charge in [-0.15, -0.1) is 0 Å². The second-order valence-corrected chi connectivity index (χ2v) is 28.2. The largest absolute Gasteiger partial charge is 0.373 e. The third-order valence-corrected chi connectivity index (χ3v) is 17.4. The molecule has 0 aliphatic carbocycles. The molecule has 12 aliphatic rings. The van der Waals surface area contributed by atoms with E-state index in [1.54, 1.807) is 0 Å². The lowest BCUT2D eigenvalue weighted by Gasteiger charge is -2.48. The zero-order valence-electron chi connectivity index (χ0n) is 53.2. The molecule has 0 aromatic rings. The second-order valence-electron chi connectivity index (χ2n) is 28.2. The topological polar surface area (TPSA) is 240 Å². The molecule has 0 radical (unpaired) electrons. The van der Waals surface area contributed by atoms with Crippen LogP contribution in [0.25, 0.3) is 0 Å². The molecule has 0 saturated carbocycles. The van der Waals surface area contributed by atoms with Gasteiger partial charge < -0.3 is 123 Å². The van der Waals surface area contributed by atoms with Crippen molar-refractivity contribution in [3.05, 3.63) is 0 Å². The molecule has 12 saturated heterocycles. The minimum absolute atomic E-state index is 0.00996. The molecule has 12 aliphatic heterocycles. The van der Waals surface area contributed by atoms with Crippen LogP contribution in [-0.4, -0.2) is 247 Å². The Labute approximate surface area is 505 Å². The third kappa shape index (κ3) is 14.7. The molecule has 494 valence electrons. The Morgan fingerprint density at radius 1 is 0.267 bits per heavy atom. The van der Waals surface area contributed by atoms with Crippen molar-refractivity contribution in [2.45, 2.75) is 318 Å². The standard InChI is InChI=1S/C60H98O26/c1-53(2)67-27-33-37(75-53)41-45(83-57(9,10)79-41)49(71-33)63-23-19-17-21-61-31(25-65-51-47-43(81-59(13,14)85-47)39-35(73-51)29-69-55(5,6)77-39)32(26-66-52-48-44(82-60(15,16)86-48)40-36(74-52)30-70-56(7,8)78-40)62-22-18-20-24-64-50-46-42(80-58(11,12)84-46)38-34(72-50)28-68-54(3,4)76-38/h31-52H,17-30H2,1-16H3/t31-,32-,33+,34+,35+,36+,37+,38+,39+,40+,41-,42-,43-,44-,45-,46-,47-,48-,49-,50-,51-,52-/m0/s1. The van der Waals surface area contributed by atoms with Gasteiger partial charge in [-0.3, -0.25) is 0 Å². The molecule has 12 heterocycles. The van der Waals surface area contributed by atoms with E-state index in [1.165, 1.54) is 0 Å². The molecule has 26 heteroatoms. The SMILES string of the molecule is CC1(C)O[C@@H]2[C@H](O1)[C@@H](OCCCCO[C@@H](CO[C@H]1O[C@@H]3COC(C)(C)O[C@H]3[C@@H]3OC(C)(C)O[C@H]13)[C@H](CO[C@H]1O[C@@H]3COC(C)(C)O[C@H]3[C@@H]3OC(C)(C)O[C@H]13)OCCCCO[C@H]1O[C@@H]3COC(C)(C)O[C@H]3[C@@H]3OC(C)(C)O[C@H]13)O[C@@H]1COC(C)(C)O[C@@H]21. The van der Waals surface area contributed by atoms with Crippen LogP contribution >= 0.6 is 0 Å². The Morgan fingerprint density at radius 3 is 0.756 bits per heavy atom. The van der Waals surface area contributed by atoms with E-state index < -0.39 is 169 Å². The molecule has 12 rings (SSSR count). The van der Waals surface area contributed by atoms with Crippen molar-refractivity contribution in [1.29, 1.82) is 0 Å². The van der Waals surface area contributed by atoms with Crippen molar-refractivity contribution < 1.29 is 123 Å². The summed E-state index contributed by atoms with van der Waals surface area (Å²) in [4.78, 5) is 0. The van der Waals surface area contributed by atoms with Crippen LogP contribution in [0.15, 0.2) is 0 Å². The van der Waals surface area contributed by atoms with Crippen LogP contribution in [0.4, 0.5) is 0 Å². The predicted molar refractivity (Wildman–Crippen MR) is 291 cm³/mol. The van der Waals surface area contributed by atoms with Crippen LogP contribution < -0.4 is 0 Å². The molecule has 0 aromatic heterocycles. The molecule has 0 amide bonds. The Hall–Kier alpha value is -1.04. The highest BCUT2D eigenvalue weighted by atomic mass is 16.9. The first kappa shape index (κ1) is 65.0. The maximum atomic E-state index is 6.90. The fraction of sp³-hybridized carbons (Fsp3) is 1.00. The predicted octanol–water partition coefficient (Wildman–Crippen LogP) is 4.97. The van der Waals surface area contributed by atoms with Crippen molar-refractivity contribution in [2.75, 3.05) is 66.1 Å². The molecule has 26 nitrogen and oxygen atoms in total. The van der Waals surface area contributed by atoms with Crippen LogP contribution in [0.5, 0.6) is 0 Å². The summed E-state index contributed by atoms with van der Waals surface area (Å²) in [5, 5.41) is 0. The van der Waals surface area contributed by atoms with E-state index >= 15 is 0 Å². The van der Waals surface area contributed by atoms with E-state index in [4.69, 9.17) is 123 Å². The number of hydrogen-bond donors (Lipinski definition) is 0. The van der Waals surface area contributed by atoms with Crippen molar-refractivity contribution in [2.24, 2.45) is 0 Å². The Morgan fingerprint density at radius 2 is 0.488 bits per heavy atom. The molecule has 12 fully saturated rings. The maximum Gasteiger partial charge on any atom is 0.187 e. The second kappa shape index (κ2) is 24.7. The fourth-order valence-corrected chi connectivity index (χ4v) is 13.7. The molecule has 22 atom stereocenters. The van der Waals surface area contributed by atoms with E-state index in [-0.39, 0.29) is 51.8 Å². The molecule has 0 aromatic carbocycles. The van der Waals surface area contributed by atoms with E-state index in [1.807, 2.05) is 111 Å². The maximum absolute atomic E-state index is 6.90. The molecule has 0 unspecified atom stereocenters. The van der Waals surface area contributed by atoms with Crippen molar-refractivity contribution in [3.63, 3.8) is 0 Å². The van der Waals surface area contributed by atoms with Crippen LogP contribution in [0.3, 0.4) is 0 Å². The Balaban J connectivity index is 0.742. The third-order valence-electron chi connectivity index (χ3n) is 17.4. The number of ether oxygens (including phenoxy) is 26. The van der Waals surface area contributed by atoms with Crippen LogP contribution in [0.1, 0.15) is 136 Å². The molecule has 86 heavy (non-hydrogen) atoms. The highest BCUT2D eigenvalue weighted by Gasteiger charge is 2.63. The number of unbranched alkanes of at least 4 members (excludes halogenated alkanes) is 2. The molecular weight excluding hydrogens is 1140 g/mol. The van der Waals surface area contributed by atoms with Crippen LogP contribution in [0.2, 0.25) is 0 Å². The average molecular weight is 1240 g/mol. The molecule has 0 N–H and O–H groups in total. The summed E-state index contributed by atoms with van der Waals surface area (Å²) in [7, 11) is 0. The lowest BCUT2D eigenvalue weighted by Crippen LogP contribution is -2.64. The first-order chi connectivity index (χ1) is 40.4. The van der Waals surface area contributed by atoms with Gasteiger partial charge >= 0.3 is 0 Å². The van der Waals surface area contributed by atoms with E-state index in [0.29, 0.717) is 52.1 Å². The van der Waals surface area contributed by atoms with E-state index in [2.05, 4.69) is 0 Å². The summed E-state index contributed by atoms with van der Waals surface area (Å²) in [6.07, 6.45) is -10.0. The van der Waals surface area contributed by atoms with Crippen molar-refractivity contribution in [1.82, 2.24) is 0 Å². The smallest absolute Gasteiger partial charge is 0.187 e. The summed E-state index contributed by atoms with van der Waals surface area (Å²) in [6.45, 7) is 32.5. The number of fused-ring (bicyclic) bond motifs is 12. The molecule has 0 spiro atoms. The summed E-state index contributed by atoms with van der Waals surface area (Å²) in [6, 6.07) is 0. The summed E-state index contributed by atoms with van der Waals surface area (Å²) in [5.74, 6) is -6.91. The first-order valence-corrected chi connectivity index (χ1v) is 31.4. The fourth-order valence-electron chi connectivity index (χ4n) is 13.7. The average Bonchev–Trinajstić information content (AvgIpc) is 1.59. The Bertz CT molecular complexity index is 2130. The quantitative estimate of drug-likeness (QED) is 0.138. The van der Waals surface area contributed by atoms with Gasteiger partial charge in [-0.1, -0.05) is 0 Å². The minimum Gasteiger partial charge on any atom is -0.373 e. The monoisotopic (exact) mass is 1230 g/mol. The number of hydrogen-bond acceptors (Lipinski definition) is 26. The van der Waals surface area contributed by atoms with Crippen LogP contribution in [0, 0.1) is 0 Å². The summed E-state index contributed by atoms with van der Waals surface area (Å²) < 4.78 is 168.